The molecule has 2 aromatic rings. The molecule has 0 aliphatic rings. The summed E-state index contributed by atoms with van der Waals surface area (Å²) in [6.07, 6.45) is 0.483. The van der Waals surface area contributed by atoms with Crippen LogP contribution in [-0.4, -0.2) is 7.11 Å². The third-order valence-electron chi connectivity index (χ3n) is 3.16. The lowest BCUT2D eigenvalue weighted by Crippen LogP contribution is -2.30. The highest BCUT2D eigenvalue weighted by atomic mass is 32.1. The Morgan fingerprint density at radius 2 is 2.21 bits per heavy atom. The summed E-state index contributed by atoms with van der Waals surface area (Å²) in [6.45, 7) is 2.03. The predicted octanol–water partition coefficient (Wildman–Crippen LogP) is 2.95. The topological polar surface area (TPSA) is 47.3 Å². The fraction of sp³-hybridized carbons (Fsp3) is 0.286. The van der Waals surface area contributed by atoms with Gasteiger partial charge in [0.05, 0.1) is 13.2 Å². The molecule has 0 bridgehead atoms. The molecule has 0 saturated carbocycles. The molecule has 3 N–H and O–H groups in total. The van der Waals surface area contributed by atoms with Crippen molar-refractivity contribution in [3.05, 3.63) is 51.5 Å². The number of nitrogens with two attached hydrogens (primary N) is 1. The van der Waals surface area contributed by atoms with E-state index < -0.39 is 0 Å². The van der Waals surface area contributed by atoms with E-state index >= 15 is 0 Å². The van der Waals surface area contributed by atoms with E-state index in [1.807, 2.05) is 12.3 Å². The number of rotatable bonds is 5. The number of methoxy groups -OCH3 is 1. The van der Waals surface area contributed by atoms with Crippen LogP contribution in [0, 0.1) is 12.7 Å². The highest BCUT2D eigenvalue weighted by molar-refractivity contribution is 7.08. The van der Waals surface area contributed by atoms with Crippen molar-refractivity contribution >= 4 is 11.3 Å². The summed E-state index contributed by atoms with van der Waals surface area (Å²) in [4.78, 5) is 0. The maximum Gasteiger partial charge on any atom is 0.168 e. The average molecular weight is 280 g/mol. The molecule has 1 aromatic heterocycles. The fourth-order valence-corrected chi connectivity index (χ4v) is 2.98. The van der Waals surface area contributed by atoms with Crippen LogP contribution in [0.4, 0.5) is 4.39 Å². The lowest BCUT2D eigenvalue weighted by molar-refractivity contribution is 0.382. The summed E-state index contributed by atoms with van der Waals surface area (Å²) in [5.74, 6) is 5.54. The Bertz CT molecular complexity index is 556. The fourth-order valence-electron chi connectivity index (χ4n) is 2.08. The van der Waals surface area contributed by atoms with E-state index in [0.717, 1.165) is 11.1 Å². The van der Waals surface area contributed by atoms with Gasteiger partial charge in [-0.3, -0.25) is 11.3 Å². The number of thiophene rings is 1. The van der Waals surface area contributed by atoms with Crippen molar-refractivity contribution in [2.24, 2.45) is 5.84 Å². The first kappa shape index (κ1) is 14.0. The second-order valence-corrected chi connectivity index (χ2v) is 5.11. The number of ether oxygens (including phenoxy) is 1. The zero-order chi connectivity index (χ0) is 13.8. The first-order valence-electron chi connectivity index (χ1n) is 5.97. The van der Waals surface area contributed by atoms with Crippen molar-refractivity contribution in [2.45, 2.75) is 19.4 Å². The summed E-state index contributed by atoms with van der Waals surface area (Å²) in [6, 6.07) is 5.04. The van der Waals surface area contributed by atoms with Crippen LogP contribution >= 0.6 is 11.3 Å². The van der Waals surface area contributed by atoms with Gasteiger partial charge >= 0.3 is 0 Å². The van der Waals surface area contributed by atoms with Gasteiger partial charge in [0.1, 0.15) is 0 Å². The van der Waals surface area contributed by atoms with E-state index in [-0.39, 0.29) is 17.6 Å². The van der Waals surface area contributed by atoms with Crippen molar-refractivity contribution in [3.63, 3.8) is 0 Å². The van der Waals surface area contributed by atoms with Crippen LogP contribution in [0.5, 0.6) is 5.75 Å². The first-order valence-corrected chi connectivity index (χ1v) is 6.91. The van der Waals surface area contributed by atoms with E-state index in [1.54, 1.807) is 29.5 Å². The molecule has 19 heavy (non-hydrogen) atoms. The molecule has 0 amide bonds. The Hall–Kier alpha value is -1.43. The first-order chi connectivity index (χ1) is 9.17. The summed E-state index contributed by atoms with van der Waals surface area (Å²) in [5.41, 5.74) is 5.62. The molecule has 1 atom stereocenters. The molecule has 0 saturated heterocycles. The van der Waals surface area contributed by atoms with Crippen LogP contribution < -0.4 is 16.0 Å². The predicted molar refractivity (Wildman–Crippen MR) is 75.8 cm³/mol. The number of nitrogens with one attached hydrogen (secondary N) is 1. The molecule has 1 unspecified atom stereocenters. The van der Waals surface area contributed by atoms with Crippen molar-refractivity contribution < 1.29 is 9.13 Å². The molecule has 0 aliphatic carbocycles. The van der Waals surface area contributed by atoms with E-state index in [4.69, 9.17) is 10.6 Å². The lowest BCUT2D eigenvalue weighted by atomic mass is 9.98. The standard InChI is InChI=1S/C14H17FN2OS/c1-9-7-19-8-11(9)12(17-16)6-10-4-3-5-13(18-2)14(10)15/h3-5,7-8,12,17H,6,16H2,1-2H3. The average Bonchev–Trinajstić information content (AvgIpc) is 2.84. The largest absolute Gasteiger partial charge is 0.494 e. The molecule has 5 heteroatoms. The monoisotopic (exact) mass is 280 g/mol. The van der Waals surface area contributed by atoms with Crippen molar-refractivity contribution in [1.29, 1.82) is 0 Å². The molecule has 1 heterocycles. The van der Waals surface area contributed by atoms with E-state index in [1.165, 1.54) is 7.11 Å². The second kappa shape index (κ2) is 6.14. The quantitative estimate of drug-likeness (QED) is 0.654. The maximum atomic E-state index is 14.1. The molecular formula is C14H17FN2OS. The molecular weight excluding hydrogens is 263 g/mol. The molecule has 1 aromatic carbocycles. The van der Waals surface area contributed by atoms with Gasteiger partial charge in [0.2, 0.25) is 0 Å². The lowest BCUT2D eigenvalue weighted by Gasteiger charge is -2.17. The Kier molecular flexibility index (Phi) is 4.52. The van der Waals surface area contributed by atoms with Gasteiger partial charge in [-0.15, -0.1) is 0 Å². The van der Waals surface area contributed by atoms with Gasteiger partial charge in [-0.05, 0) is 46.9 Å². The van der Waals surface area contributed by atoms with Crippen LogP contribution in [0.15, 0.2) is 29.0 Å². The van der Waals surface area contributed by atoms with Crippen molar-refractivity contribution in [1.82, 2.24) is 5.43 Å². The minimum Gasteiger partial charge on any atom is -0.494 e. The van der Waals surface area contributed by atoms with Crippen LogP contribution in [0.1, 0.15) is 22.7 Å². The van der Waals surface area contributed by atoms with Crippen LogP contribution in [0.25, 0.3) is 0 Å². The zero-order valence-electron chi connectivity index (χ0n) is 10.9. The van der Waals surface area contributed by atoms with Gasteiger partial charge in [-0.25, -0.2) is 4.39 Å². The van der Waals surface area contributed by atoms with Gasteiger partial charge in [-0.2, -0.15) is 11.3 Å². The van der Waals surface area contributed by atoms with Crippen LogP contribution in [0.3, 0.4) is 0 Å². The third-order valence-corrected chi connectivity index (χ3v) is 4.04. The molecule has 102 valence electrons. The Morgan fingerprint density at radius 1 is 1.42 bits per heavy atom. The number of hydrogen-bond donors (Lipinski definition) is 2. The van der Waals surface area contributed by atoms with E-state index in [2.05, 4.69) is 10.8 Å². The molecule has 2 rings (SSSR count). The highest BCUT2D eigenvalue weighted by Gasteiger charge is 2.17. The number of halogens is 1. The smallest absolute Gasteiger partial charge is 0.168 e. The molecule has 0 radical (unpaired) electrons. The van der Waals surface area contributed by atoms with Crippen LogP contribution in [0.2, 0.25) is 0 Å². The number of hydrogen-bond acceptors (Lipinski definition) is 4. The minimum atomic E-state index is -0.321. The normalized spacial score (nSPS) is 12.4. The zero-order valence-corrected chi connectivity index (χ0v) is 11.8. The molecule has 0 aliphatic heterocycles. The molecule has 0 fully saturated rings. The van der Waals surface area contributed by atoms with E-state index in [0.29, 0.717) is 12.0 Å². The number of aryl methyl sites for hydroxylation is 1. The Morgan fingerprint density at radius 3 is 2.79 bits per heavy atom. The van der Waals surface area contributed by atoms with Gasteiger partial charge in [0.25, 0.3) is 0 Å². The maximum absolute atomic E-state index is 14.1. The van der Waals surface area contributed by atoms with Crippen molar-refractivity contribution in [3.8, 4) is 5.75 Å². The summed E-state index contributed by atoms with van der Waals surface area (Å²) in [7, 11) is 1.46. The third kappa shape index (κ3) is 2.94. The van der Waals surface area contributed by atoms with Crippen LogP contribution in [-0.2, 0) is 6.42 Å². The molecule has 0 spiro atoms. The summed E-state index contributed by atoms with van der Waals surface area (Å²) in [5, 5.41) is 4.10. The highest BCUT2D eigenvalue weighted by Crippen LogP contribution is 2.27. The van der Waals surface area contributed by atoms with Gasteiger partial charge in [0, 0.05) is 0 Å². The SMILES string of the molecule is COc1cccc(CC(NN)c2cscc2C)c1F. The number of benzene rings is 1. The van der Waals surface area contributed by atoms with Gasteiger partial charge < -0.3 is 4.74 Å². The molecule has 3 nitrogen and oxygen atoms in total. The Labute approximate surface area is 116 Å². The summed E-state index contributed by atoms with van der Waals surface area (Å²) >= 11 is 1.62. The second-order valence-electron chi connectivity index (χ2n) is 4.37. The number of hydrazine groups is 1. The van der Waals surface area contributed by atoms with Crippen molar-refractivity contribution in [2.75, 3.05) is 7.11 Å². The van der Waals surface area contributed by atoms with Gasteiger partial charge in [-0.1, -0.05) is 12.1 Å². The Balaban J connectivity index is 2.27. The van der Waals surface area contributed by atoms with E-state index in [9.17, 15) is 4.39 Å². The van der Waals surface area contributed by atoms with Gasteiger partial charge in [0.15, 0.2) is 11.6 Å². The summed E-state index contributed by atoms with van der Waals surface area (Å²) < 4.78 is 19.1. The minimum absolute atomic E-state index is 0.104.